The lowest BCUT2D eigenvalue weighted by molar-refractivity contribution is -0.133. The molecule has 0 bridgehead atoms. The van der Waals surface area contributed by atoms with Gasteiger partial charge in [0, 0.05) is 24.0 Å². The first-order chi connectivity index (χ1) is 17.5. The highest BCUT2D eigenvalue weighted by molar-refractivity contribution is 8.01. The molecule has 0 spiro atoms. The van der Waals surface area contributed by atoms with E-state index in [2.05, 4.69) is 15.5 Å². The van der Waals surface area contributed by atoms with Crippen LogP contribution in [0, 0.1) is 0 Å². The number of benzene rings is 2. The van der Waals surface area contributed by atoms with Crippen molar-refractivity contribution in [1.29, 1.82) is 0 Å². The van der Waals surface area contributed by atoms with Gasteiger partial charge in [-0.15, -0.1) is 11.3 Å². The molecular formula is C26H30N4O4S2. The van der Waals surface area contributed by atoms with Crippen LogP contribution in [0.15, 0.2) is 63.4 Å². The minimum absolute atomic E-state index is 0.0607. The second-order valence-corrected chi connectivity index (χ2v) is 9.52. The van der Waals surface area contributed by atoms with Gasteiger partial charge in [-0.05, 0) is 44.5 Å². The average molecular weight is 527 g/mol. The lowest BCUT2D eigenvalue weighted by atomic mass is 10.2. The molecule has 0 radical (unpaired) electrons. The number of amides is 2. The van der Waals surface area contributed by atoms with Crippen molar-refractivity contribution in [2.45, 2.75) is 25.1 Å². The molecule has 36 heavy (non-hydrogen) atoms. The molecule has 3 rings (SSSR count). The zero-order chi connectivity index (χ0) is 25.8. The molecule has 8 nitrogen and oxygen atoms in total. The number of likely N-dealkylation sites (N-methyl/N-ethyl adjacent to an activating group) is 1. The molecule has 2 aromatic carbocycles. The Hall–Kier alpha value is -3.37. The molecule has 0 aliphatic rings. The van der Waals surface area contributed by atoms with Crippen LogP contribution in [0.2, 0.25) is 0 Å². The molecule has 1 N–H and O–H groups in total. The molecule has 0 atom stereocenters. The fourth-order valence-electron chi connectivity index (χ4n) is 3.20. The van der Waals surface area contributed by atoms with E-state index in [4.69, 9.17) is 9.47 Å². The van der Waals surface area contributed by atoms with Crippen LogP contribution in [-0.4, -0.2) is 60.0 Å². The van der Waals surface area contributed by atoms with Crippen LogP contribution in [-0.2, 0) is 9.59 Å². The Balaban J connectivity index is 1.51. The molecule has 0 saturated heterocycles. The number of ether oxygens (including phenoxy) is 2. The van der Waals surface area contributed by atoms with Crippen molar-refractivity contribution < 1.29 is 19.1 Å². The number of hydrogen-bond donors (Lipinski definition) is 1. The second kappa shape index (κ2) is 14.3. The van der Waals surface area contributed by atoms with E-state index < -0.39 is 0 Å². The van der Waals surface area contributed by atoms with Crippen molar-refractivity contribution in [1.82, 2.24) is 15.3 Å². The Morgan fingerprint density at radius 1 is 1.08 bits per heavy atom. The van der Waals surface area contributed by atoms with Crippen LogP contribution in [0.5, 0.6) is 11.5 Å². The summed E-state index contributed by atoms with van der Waals surface area (Å²) < 4.78 is 12.2. The van der Waals surface area contributed by atoms with Crippen LogP contribution in [0.4, 0.5) is 0 Å². The first-order valence-electron chi connectivity index (χ1n) is 11.7. The number of thioether (sulfide) groups is 1. The summed E-state index contributed by atoms with van der Waals surface area (Å²) >= 11 is 2.88. The predicted octanol–water partition coefficient (Wildman–Crippen LogP) is 4.70. The van der Waals surface area contributed by atoms with Crippen LogP contribution in [0.3, 0.4) is 0 Å². The summed E-state index contributed by atoms with van der Waals surface area (Å²) in [5, 5.41) is 6.03. The third kappa shape index (κ3) is 8.10. The highest BCUT2D eigenvalue weighted by Crippen LogP contribution is 2.29. The minimum atomic E-state index is -0.229. The standard InChI is InChI=1S/C26H30N4O4S2/c1-4-30(5-2)25(32)16-34-22-13-12-19(14-23(22)33-6-3)15-27-29-24(31)18-36-26-28-21(17-35-26)20-10-8-7-9-11-20/h7-15,17H,4-6,16,18H2,1-3H3,(H,29,31)/b27-15+. The fourth-order valence-corrected chi connectivity index (χ4v) is 4.83. The number of aromatic nitrogens is 1. The van der Waals surface area contributed by atoms with Gasteiger partial charge in [0.05, 0.1) is 24.3 Å². The van der Waals surface area contributed by atoms with Crippen LogP contribution < -0.4 is 14.9 Å². The smallest absolute Gasteiger partial charge is 0.260 e. The molecule has 0 unspecified atom stereocenters. The third-order valence-electron chi connectivity index (χ3n) is 5.02. The summed E-state index contributed by atoms with van der Waals surface area (Å²) in [6.45, 7) is 7.38. The van der Waals surface area contributed by atoms with Crippen molar-refractivity contribution in [2.24, 2.45) is 5.10 Å². The van der Waals surface area contributed by atoms with Gasteiger partial charge in [0.15, 0.2) is 22.4 Å². The summed E-state index contributed by atoms with van der Waals surface area (Å²) in [6, 6.07) is 15.2. The van der Waals surface area contributed by atoms with Gasteiger partial charge >= 0.3 is 0 Å². The monoisotopic (exact) mass is 526 g/mol. The first-order valence-corrected chi connectivity index (χ1v) is 13.5. The van der Waals surface area contributed by atoms with Gasteiger partial charge in [-0.3, -0.25) is 9.59 Å². The Bertz CT molecular complexity index is 1160. The van der Waals surface area contributed by atoms with E-state index in [1.165, 1.54) is 29.3 Å². The number of carbonyl (C=O) groups excluding carboxylic acids is 2. The molecule has 3 aromatic rings. The highest BCUT2D eigenvalue weighted by atomic mass is 32.2. The SMILES string of the molecule is CCOc1cc(/C=N/NC(=O)CSc2nc(-c3ccccc3)cs2)ccc1OCC(=O)N(CC)CC. The largest absolute Gasteiger partial charge is 0.490 e. The van der Waals surface area contributed by atoms with E-state index in [-0.39, 0.29) is 24.2 Å². The van der Waals surface area contributed by atoms with E-state index >= 15 is 0 Å². The quantitative estimate of drug-likeness (QED) is 0.197. The van der Waals surface area contributed by atoms with Crippen LogP contribution >= 0.6 is 23.1 Å². The van der Waals surface area contributed by atoms with Crippen molar-refractivity contribution in [3.63, 3.8) is 0 Å². The molecule has 1 aromatic heterocycles. The second-order valence-electron chi connectivity index (χ2n) is 7.44. The molecule has 10 heteroatoms. The highest BCUT2D eigenvalue weighted by Gasteiger charge is 2.13. The Morgan fingerprint density at radius 2 is 1.86 bits per heavy atom. The summed E-state index contributed by atoms with van der Waals surface area (Å²) in [7, 11) is 0. The van der Waals surface area contributed by atoms with Gasteiger partial charge in [0.2, 0.25) is 0 Å². The number of rotatable bonds is 13. The third-order valence-corrected chi connectivity index (χ3v) is 7.04. The zero-order valence-electron chi connectivity index (χ0n) is 20.6. The summed E-state index contributed by atoms with van der Waals surface area (Å²) in [4.78, 5) is 30.7. The molecule has 0 saturated carbocycles. The molecule has 0 aliphatic heterocycles. The normalized spacial score (nSPS) is 10.9. The first kappa shape index (κ1) is 27.2. The summed E-state index contributed by atoms with van der Waals surface area (Å²) in [5.74, 6) is 0.883. The lowest BCUT2D eigenvalue weighted by Crippen LogP contribution is -2.34. The zero-order valence-corrected chi connectivity index (χ0v) is 22.2. The van der Waals surface area contributed by atoms with Gasteiger partial charge in [0.25, 0.3) is 11.8 Å². The number of hydrogen-bond acceptors (Lipinski definition) is 8. The average Bonchev–Trinajstić information content (AvgIpc) is 3.38. The molecule has 190 valence electrons. The van der Waals surface area contributed by atoms with Crippen molar-refractivity contribution in [3.05, 3.63) is 59.5 Å². The van der Waals surface area contributed by atoms with E-state index in [1.54, 1.807) is 23.1 Å². The molecule has 0 aliphatic carbocycles. The number of nitrogens with zero attached hydrogens (tertiary/aromatic N) is 3. The topological polar surface area (TPSA) is 93.1 Å². The Kier molecular flexibility index (Phi) is 10.8. The number of nitrogens with one attached hydrogen (secondary N) is 1. The predicted molar refractivity (Wildman–Crippen MR) is 145 cm³/mol. The summed E-state index contributed by atoms with van der Waals surface area (Å²) in [5.41, 5.74) is 5.21. The van der Waals surface area contributed by atoms with Crippen molar-refractivity contribution in [2.75, 3.05) is 32.1 Å². The Morgan fingerprint density at radius 3 is 2.58 bits per heavy atom. The van der Waals surface area contributed by atoms with Gasteiger partial charge in [-0.25, -0.2) is 10.4 Å². The number of hydrazone groups is 1. The number of carbonyl (C=O) groups is 2. The van der Waals surface area contributed by atoms with E-state index in [0.717, 1.165) is 21.2 Å². The van der Waals surface area contributed by atoms with Gasteiger partial charge in [-0.2, -0.15) is 5.10 Å². The number of thiazole rings is 1. The van der Waals surface area contributed by atoms with E-state index in [9.17, 15) is 9.59 Å². The lowest BCUT2D eigenvalue weighted by Gasteiger charge is -2.19. The van der Waals surface area contributed by atoms with Gasteiger partial charge in [-0.1, -0.05) is 42.1 Å². The minimum Gasteiger partial charge on any atom is -0.490 e. The van der Waals surface area contributed by atoms with Crippen LogP contribution in [0.1, 0.15) is 26.3 Å². The maximum Gasteiger partial charge on any atom is 0.260 e. The molecular weight excluding hydrogens is 496 g/mol. The van der Waals surface area contributed by atoms with Crippen molar-refractivity contribution >= 4 is 41.1 Å². The van der Waals surface area contributed by atoms with E-state index in [1.807, 2.05) is 56.5 Å². The maximum absolute atomic E-state index is 12.2. The molecule has 0 fully saturated rings. The van der Waals surface area contributed by atoms with Gasteiger partial charge in [0.1, 0.15) is 0 Å². The fraction of sp³-hybridized carbons (Fsp3) is 0.308. The van der Waals surface area contributed by atoms with Crippen molar-refractivity contribution in [3.8, 4) is 22.8 Å². The molecule has 2 amide bonds. The Labute approximate surface area is 219 Å². The maximum atomic E-state index is 12.2. The van der Waals surface area contributed by atoms with Gasteiger partial charge < -0.3 is 14.4 Å². The van der Waals surface area contributed by atoms with E-state index in [0.29, 0.717) is 31.2 Å². The van der Waals surface area contributed by atoms with Crippen LogP contribution in [0.25, 0.3) is 11.3 Å². The summed E-state index contributed by atoms with van der Waals surface area (Å²) in [6.07, 6.45) is 1.53. The molecule has 1 heterocycles.